The summed E-state index contributed by atoms with van der Waals surface area (Å²) in [5, 5.41) is 27.3. The maximum atomic E-state index is 10.6. The van der Waals surface area contributed by atoms with Gasteiger partial charge in [0.25, 0.3) is 0 Å². The fourth-order valence-electron chi connectivity index (χ4n) is 3.36. The second kappa shape index (κ2) is 9.78. The number of likely N-dealkylation sites (N-methyl/N-ethyl adjacent to an activating group) is 1. The zero-order chi connectivity index (χ0) is 23.3. The number of carboxylic acids is 1. The topological polar surface area (TPSA) is 99.5 Å². The average Bonchev–Trinajstić information content (AvgIpc) is 2.70. The number of hydrogen-bond acceptors (Lipinski definition) is 6. The van der Waals surface area contributed by atoms with Crippen LogP contribution in [-0.4, -0.2) is 60.2 Å². The van der Waals surface area contributed by atoms with Crippen molar-refractivity contribution in [3.8, 4) is 23.0 Å². The lowest BCUT2D eigenvalue weighted by molar-refractivity contribution is -0.192. The Kier molecular flexibility index (Phi) is 7.61. The second-order valence-electron chi connectivity index (χ2n) is 6.98. The largest absolute Gasteiger partial charge is 0.504 e. The first kappa shape index (κ1) is 24.1. The predicted octanol–water partition coefficient (Wildman–Crippen LogP) is 3.52. The van der Waals surface area contributed by atoms with Gasteiger partial charge in [-0.25, -0.2) is 4.79 Å². The lowest BCUT2D eigenvalue weighted by Gasteiger charge is -2.35. The van der Waals surface area contributed by atoms with Gasteiger partial charge in [-0.3, -0.25) is 4.90 Å². The van der Waals surface area contributed by atoms with E-state index < -0.39 is 12.1 Å². The lowest BCUT2D eigenvalue weighted by Crippen LogP contribution is -2.33. The molecule has 0 unspecified atom stereocenters. The van der Waals surface area contributed by atoms with Crippen LogP contribution in [0.1, 0.15) is 22.7 Å². The number of fused-ring (bicyclic) bond motifs is 1. The molecule has 1 aliphatic heterocycles. The highest BCUT2D eigenvalue weighted by atomic mass is 19.4. The number of alkyl halides is 3. The van der Waals surface area contributed by atoms with Crippen molar-refractivity contribution in [1.82, 2.24) is 4.90 Å². The zero-order valence-electron chi connectivity index (χ0n) is 17.2. The van der Waals surface area contributed by atoms with Gasteiger partial charge in [-0.15, -0.1) is 0 Å². The van der Waals surface area contributed by atoms with E-state index >= 15 is 0 Å². The molecule has 0 amide bonds. The molecule has 3 N–H and O–H groups in total. The van der Waals surface area contributed by atoms with Gasteiger partial charge in [-0.2, -0.15) is 13.2 Å². The van der Waals surface area contributed by atoms with Crippen LogP contribution in [0, 0.1) is 0 Å². The van der Waals surface area contributed by atoms with Gasteiger partial charge in [-0.05, 0) is 60.8 Å². The van der Waals surface area contributed by atoms with Crippen LogP contribution in [0.3, 0.4) is 0 Å². The van der Waals surface area contributed by atoms with Crippen LogP contribution in [0.2, 0.25) is 0 Å². The van der Waals surface area contributed by atoms with Crippen molar-refractivity contribution in [3.05, 3.63) is 47.0 Å². The van der Waals surface area contributed by atoms with Gasteiger partial charge in [0.1, 0.15) is 0 Å². The van der Waals surface area contributed by atoms with Gasteiger partial charge in [0.2, 0.25) is 0 Å². The summed E-state index contributed by atoms with van der Waals surface area (Å²) in [6, 6.07) is 9.35. The Balaban J connectivity index is 0.000000423. The molecule has 170 valence electrons. The molecule has 3 rings (SSSR count). The fraction of sp³-hybridized carbons (Fsp3) is 0.381. The molecule has 31 heavy (non-hydrogen) atoms. The van der Waals surface area contributed by atoms with Crippen molar-refractivity contribution in [2.45, 2.75) is 25.1 Å². The first-order valence-corrected chi connectivity index (χ1v) is 9.24. The van der Waals surface area contributed by atoms with Gasteiger partial charge < -0.3 is 24.8 Å². The van der Waals surface area contributed by atoms with E-state index in [1.807, 2.05) is 12.1 Å². The number of phenols is 2. The number of methoxy groups -OCH3 is 2. The Morgan fingerprint density at radius 3 is 2.19 bits per heavy atom. The number of carboxylic acid groups (broad SMARTS) is 1. The summed E-state index contributed by atoms with van der Waals surface area (Å²) in [5.41, 5.74) is 3.33. The summed E-state index contributed by atoms with van der Waals surface area (Å²) in [5.74, 6) is -1.47. The number of carbonyl (C=O) groups is 1. The molecule has 10 heteroatoms. The minimum atomic E-state index is -5.08. The van der Waals surface area contributed by atoms with E-state index in [9.17, 15) is 23.4 Å². The quantitative estimate of drug-likeness (QED) is 0.665. The van der Waals surface area contributed by atoms with Crippen LogP contribution in [0.4, 0.5) is 13.2 Å². The Morgan fingerprint density at radius 1 is 1.10 bits per heavy atom. The number of benzene rings is 2. The molecule has 0 fully saturated rings. The number of aromatic hydroxyl groups is 2. The highest BCUT2D eigenvalue weighted by Gasteiger charge is 2.38. The third kappa shape index (κ3) is 5.94. The number of nitrogens with zero attached hydrogens (tertiary/aromatic N) is 1. The monoisotopic (exact) mass is 443 g/mol. The fourth-order valence-corrected chi connectivity index (χ4v) is 3.36. The van der Waals surface area contributed by atoms with Crippen LogP contribution in [0.5, 0.6) is 23.0 Å². The SMILES string of the molecule is COc1ccc(C[C@H]2c3cc(O)c(OC)cc3CCN2C)cc1O.O=C(O)C(F)(F)F. The Morgan fingerprint density at radius 2 is 1.68 bits per heavy atom. The molecule has 0 aliphatic carbocycles. The van der Waals surface area contributed by atoms with Crippen molar-refractivity contribution < 1.29 is 42.8 Å². The molecule has 0 saturated carbocycles. The molecular weight excluding hydrogens is 419 g/mol. The van der Waals surface area contributed by atoms with Crippen LogP contribution in [-0.2, 0) is 17.6 Å². The summed E-state index contributed by atoms with van der Waals surface area (Å²) in [7, 11) is 5.18. The molecule has 0 aromatic heterocycles. The first-order valence-electron chi connectivity index (χ1n) is 9.24. The van der Waals surface area contributed by atoms with Crippen molar-refractivity contribution in [2.24, 2.45) is 0 Å². The Hall–Kier alpha value is -3.14. The van der Waals surface area contributed by atoms with E-state index in [1.165, 1.54) is 12.7 Å². The summed E-state index contributed by atoms with van der Waals surface area (Å²) >= 11 is 0. The van der Waals surface area contributed by atoms with Crippen molar-refractivity contribution in [2.75, 3.05) is 27.8 Å². The van der Waals surface area contributed by atoms with Gasteiger partial charge in [0, 0.05) is 12.6 Å². The van der Waals surface area contributed by atoms with Crippen molar-refractivity contribution in [1.29, 1.82) is 0 Å². The summed E-state index contributed by atoms with van der Waals surface area (Å²) in [4.78, 5) is 11.2. The van der Waals surface area contributed by atoms with Crippen LogP contribution < -0.4 is 9.47 Å². The van der Waals surface area contributed by atoms with Gasteiger partial charge in [-0.1, -0.05) is 6.07 Å². The number of rotatable bonds is 4. The molecular formula is C21H24F3NO6. The maximum absolute atomic E-state index is 10.6. The number of phenolic OH excluding ortho intramolecular Hbond substituents is 2. The smallest absolute Gasteiger partial charge is 0.490 e. The van der Waals surface area contributed by atoms with E-state index in [0.29, 0.717) is 11.5 Å². The molecule has 7 nitrogen and oxygen atoms in total. The van der Waals surface area contributed by atoms with E-state index in [4.69, 9.17) is 19.4 Å². The third-order valence-electron chi connectivity index (χ3n) is 4.98. The van der Waals surface area contributed by atoms with Gasteiger partial charge in [0.05, 0.1) is 14.2 Å². The molecule has 2 aromatic rings. The molecule has 2 aromatic carbocycles. The predicted molar refractivity (Wildman–Crippen MR) is 106 cm³/mol. The van der Waals surface area contributed by atoms with E-state index in [-0.39, 0.29) is 17.5 Å². The Bertz CT molecular complexity index is 932. The summed E-state index contributed by atoms with van der Waals surface area (Å²) in [6.07, 6.45) is -3.42. The summed E-state index contributed by atoms with van der Waals surface area (Å²) < 4.78 is 42.1. The van der Waals surface area contributed by atoms with Crippen molar-refractivity contribution >= 4 is 5.97 Å². The number of aliphatic carboxylic acids is 1. The maximum Gasteiger partial charge on any atom is 0.490 e. The van der Waals surface area contributed by atoms with Crippen LogP contribution >= 0.6 is 0 Å². The molecule has 0 radical (unpaired) electrons. The first-order chi connectivity index (χ1) is 14.5. The molecule has 1 atom stereocenters. The highest BCUT2D eigenvalue weighted by Crippen LogP contribution is 2.39. The molecule has 1 aliphatic rings. The minimum Gasteiger partial charge on any atom is -0.504 e. The molecule has 1 heterocycles. The summed E-state index contributed by atoms with van der Waals surface area (Å²) in [6.45, 7) is 0.938. The lowest BCUT2D eigenvalue weighted by atomic mass is 9.88. The van der Waals surface area contributed by atoms with E-state index in [1.54, 1.807) is 25.3 Å². The van der Waals surface area contributed by atoms with Gasteiger partial charge in [0.15, 0.2) is 23.0 Å². The number of hydrogen-bond donors (Lipinski definition) is 3. The van der Waals surface area contributed by atoms with Gasteiger partial charge >= 0.3 is 12.1 Å². The van der Waals surface area contributed by atoms with E-state index in [0.717, 1.165) is 30.5 Å². The van der Waals surface area contributed by atoms with Crippen molar-refractivity contribution in [3.63, 3.8) is 0 Å². The van der Waals surface area contributed by atoms with Crippen LogP contribution in [0.15, 0.2) is 30.3 Å². The number of ether oxygens (including phenoxy) is 2. The number of halogens is 3. The minimum absolute atomic E-state index is 0.137. The van der Waals surface area contributed by atoms with E-state index in [2.05, 4.69) is 11.9 Å². The standard InChI is InChI=1S/C19H23NO4.C2HF3O2/c1-20-7-6-13-10-19(24-3)17(22)11-14(13)15(20)8-12-4-5-18(23-2)16(21)9-12;3-2(4,5)1(6)7/h4-5,9-11,15,21-22H,6-8H2,1-3H3;(H,6,7)/t15-;/m0./s1. The van der Waals surface area contributed by atoms with Crippen LogP contribution in [0.25, 0.3) is 0 Å². The normalized spacial score (nSPS) is 16.0. The zero-order valence-corrected chi connectivity index (χ0v) is 17.2. The second-order valence-corrected chi connectivity index (χ2v) is 6.98. The third-order valence-corrected chi connectivity index (χ3v) is 4.98. The Labute approximate surface area is 177 Å². The average molecular weight is 443 g/mol. The molecule has 0 saturated heterocycles. The highest BCUT2D eigenvalue weighted by molar-refractivity contribution is 5.73. The molecule has 0 bridgehead atoms. The molecule has 0 spiro atoms.